The average molecular weight is 340 g/mol. The number of nitrogens with one attached hydrogen (secondary N) is 2. The molecule has 0 aliphatic rings. The van der Waals surface area contributed by atoms with Crippen LogP contribution in [-0.4, -0.2) is 28.2 Å². The number of nitrogens with zero attached hydrogens (tertiary/aromatic N) is 2. The Morgan fingerprint density at radius 2 is 2.17 bits per heavy atom. The third-order valence-corrected chi connectivity index (χ3v) is 3.98. The maximum Gasteiger partial charge on any atom is 0.244 e. The largest absolute Gasteiger partial charge is 0.497 e. The van der Waals surface area contributed by atoms with Crippen LogP contribution < -0.4 is 10.1 Å². The Bertz CT molecular complexity index is 823. The van der Waals surface area contributed by atoms with Crippen molar-refractivity contribution in [2.75, 3.05) is 7.11 Å². The van der Waals surface area contributed by atoms with E-state index in [9.17, 15) is 4.79 Å². The van der Waals surface area contributed by atoms with Gasteiger partial charge in [-0.15, -0.1) is 0 Å². The Kier molecular flexibility index (Phi) is 5.02. The maximum absolute atomic E-state index is 11.8. The van der Waals surface area contributed by atoms with Crippen molar-refractivity contribution in [3.8, 4) is 17.1 Å². The van der Waals surface area contributed by atoms with Gasteiger partial charge in [0, 0.05) is 11.6 Å². The van der Waals surface area contributed by atoms with Crippen molar-refractivity contribution in [1.29, 1.82) is 0 Å². The van der Waals surface area contributed by atoms with E-state index in [1.807, 2.05) is 41.1 Å². The van der Waals surface area contributed by atoms with E-state index in [-0.39, 0.29) is 12.5 Å². The number of benzene rings is 1. The quantitative estimate of drug-likeness (QED) is 0.676. The smallest absolute Gasteiger partial charge is 0.244 e. The van der Waals surface area contributed by atoms with Gasteiger partial charge in [-0.05, 0) is 52.7 Å². The highest BCUT2D eigenvalue weighted by molar-refractivity contribution is 7.08. The zero-order valence-electron chi connectivity index (χ0n) is 13.0. The molecule has 0 unspecified atom stereocenters. The van der Waals surface area contributed by atoms with Gasteiger partial charge < -0.3 is 10.1 Å². The van der Waals surface area contributed by atoms with Crippen molar-refractivity contribution in [1.82, 2.24) is 20.5 Å². The van der Waals surface area contributed by atoms with Crippen LogP contribution in [0.15, 0.2) is 47.2 Å². The van der Waals surface area contributed by atoms with Gasteiger partial charge in [0.15, 0.2) is 5.82 Å². The number of carbonyl (C=O) groups excluding carboxylic acids is 1. The van der Waals surface area contributed by atoms with Gasteiger partial charge in [0.2, 0.25) is 5.91 Å². The second kappa shape index (κ2) is 7.56. The number of hydrogen-bond acceptors (Lipinski definition) is 5. The molecule has 0 spiro atoms. The molecule has 0 aliphatic heterocycles. The number of aromatic amines is 1. The normalized spacial score (nSPS) is 10.9. The first kappa shape index (κ1) is 15.9. The molecule has 0 fully saturated rings. The highest BCUT2D eigenvalue weighted by atomic mass is 32.1. The van der Waals surface area contributed by atoms with Crippen molar-refractivity contribution in [3.05, 3.63) is 58.6 Å². The molecule has 2 aromatic heterocycles. The van der Waals surface area contributed by atoms with Crippen LogP contribution in [-0.2, 0) is 11.3 Å². The zero-order valence-corrected chi connectivity index (χ0v) is 13.8. The molecule has 0 atom stereocenters. The lowest BCUT2D eigenvalue weighted by molar-refractivity contribution is -0.116. The molecule has 3 aromatic rings. The molecule has 0 bridgehead atoms. The highest BCUT2D eigenvalue weighted by Gasteiger charge is 2.06. The van der Waals surface area contributed by atoms with Crippen LogP contribution in [0.3, 0.4) is 0 Å². The maximum atomic E-state index is 11.8. The van der Waals surface area contributed by atoms with E-state index in [0.717, 1.165) is 16.9 Å². The van der Waals surface area contributed by atoms with Crippen molar-refractivity contribution in [2.24, 2.45) is 0 Å². The number of ether oxygens (including phenoxy) is 1. The lowest BCUT2D eigenvalue weighted by atomic mass is 10.2. The third-order valence-electron chi connectivity index (χ3n) is 3.28. The topological polar surface area (TPSA) is 79.9 Å². The van der Waals surface area contributed by atoms with E-state index in [2.05, 4.69) is 20.5 Å². The van der Waals surface area contributed by atoms with Gasteiger partial charge in [-0.1, -0.05) is 0 Å². The Hall–Kier alpha value is -2.93. The molecule has 0 radical (unpaired) electrons. The summed E-state index contributed by atoms with van der Waals surface area (Å²) in [6, 6.07) is 9.42. The van der Waals surface area contributed by atoms with Crippen molar-refractivity contribution < 1.29 is 9.53 Å². The summed E-state index contributed by atoms with van der Waals surface area (Å²) < 4.78 is 5.12. The van der Waals surface area contributed by atoms with Crippen LogP contribution in [0.5, 0.6) is 5.75 Å². The molecule has 3 rings (SSSR count). The van der Waals surface area contributed by atoms with E-state index in [4.69, 9.17) is 4.74 Å². The van der Waals surface area contributed by atoms with Crippen LogP contribution in [0, 0.1) is 0 Å². The molecule has 122 valence electrons. The van der Waals surface area contributed by atoms with Crippen LogP contribution in [0.2, 0.25) is 0 Å². The number of carbonyl (C=O) groups is 1. The lowest BCUT2D eigenvalue weighted by Crippen LogP contribution is -2.20. The molecule has 2 heterocycles. The van der Waals surface area contributed by atoms with Gasteiger partial charge >= 0.3 is 0 Å². The summed E-state index contributed by atoms with van der Waals surface area (Å²) in [7, 11) is 1.62. The summed E-state index contributed by atoms with van der Waals surface area (Å²) in [5.41, 5.74) is 1.89. The SMILES string of the molecule is COc1ccc(-c2n[nH]c(CNC(=O)/C=C\c3ccsc3)n2)cc1. The fourth-order valence-electron chi connectivity index (χ4n) is 2.02. The summed E-state index contributed by atoms with van der Waals surface area (Å²) in [6.07, 6.45) is 3.28. The van der Waals surface area contributed by atoms with E-state index in [1.165, 1.54) is 6.08 Å². The van der Waals surface area contributed by atoms with Crippen LogP contribution >= 0.6 is 11.3 Å². The van der Waals surface area contributed by atoms with Crippen LogP contribution in [0.25, 0.3) is 17.5 Å². The van der Waals surface area contributed by atoms with Gasteiger partial charge in [-0.2, -0.15) is 16.4 Å². The predicted octanol–water partition coefficient (Wildman–Crippen LogP) is 2.87. The first-order chi connectivity index (χ1) is 11.7. The first-order valence-corrected chi connectivity index (χ1v) is 8.22. The zero-order chi connectivity index (χ0) is 16.8. The molecule has 1 amide bonds. The first-order valence-electron chi connectivity index (χ1n) is 7.28. The molecule has 0 saturated heterocycles. The highest BCUT2D eigenvalue weighted by Crippen LogP contribution is 2.18. The van der Waals surface area contributed by atoms with Gasteiger partial charge in [0.1, 0.15) is 11.6 Å². The fourth-order valence-corrected chi connectivity index (χ4v) is 2.64. The van der Waals surface area contributed by atoms with Crippen molar-refractivity contribution in [3.63, 3.8) is 0 Å². The molecule has 1 aromatic carbocycles. The van der Waals surface area contributed by atoms with Gasteiger partial charge in [-0.25, -0.2) is 4.98 Å². The average Bonchev–Trinajstić information content (AvgIpc) is 3.30. The standard InChI is InChI=1S/C17H16N4O2S/c1-23-14-5-3-13(4-6-14)17-19-15(20-21-17)10-18-16(22)7-2-12-8-9-24-11-12/h2-9,11H,10H2,1H3,(H,18,22)(H,19,20,21)/b7-2-. The van der Waals surface area contributed by atoms with Gasteiger partial charge in [-0.3, -0.25) is 9.89 Å². The second-order valence-corrected chi connectivity index (χ2v) is 5.72. The number of aromatic nitrogens is 3. The minimum absolute atomic E-state index is 0.177. The molecule has 7 heteroatoms. The predicted molar refractivity (Wildman–Crippen MR) is 93.6 cm³/mol. The number of methoxy groups -OCH3 is 1. The molecule has 2 N–H and O–H groups in total. The summed E-state index contributed by atoms with van der Waals surface area (Å²) in [4.78, 5) is 16.2. The van der Waals surface area contributed by atoms with E-state index < -0.39 is 0 Å². The minimum Gasteiger partial charge on any atom is -0.497 e. The number of rotatable bonds is 6. The fraction of sp³-hybridized carbons (Fsp3) is 0.118. The molecule has 24 heavy (non-hydrogen) atoms. The van der Waals surface area contributed by atoms with Gasteiger partial charge in [0.25, 0.3) is 0 Å². The summed E-state index contributed by atoms with van der Waals surface area (Å²) in [5.74, 6) is 1.77. The number of amides is 1. The van der Waals surface area contributed by atoms with E-state index in [1.54, 1.807) is 24.5 Å². The number of hydrogen-bond donors (Lipinski definition) is 2. The van der Waals surface area contributed by atoms with Crippen molar-refractivity contribution in [2.45, 2.75) is 6.54 Å². The van der Waals surface area contributed by atoms with Crippen LogP contribution in [0.4, 0.5) is 0 Å². The number of thiophene rings is 1. The summed E-state index contributed by atoms with van der Waals surface area (Å²) in [5, 5.41) is 13.7. The molecule has 0 saturated carbocycles. The van der Waals surface area contributed by atoms with Crippen molar-refractivity contribution >= 4 is 23.3 Å². The Labute approximate surface area is 143 Å². The Morgan fingerprint density at radius 1 is 1.33 bits per heavy atom. The van der Waals surface area contributed by atoms with E-state index in [0.29, 0.717) is 11.6 Å². The summed E-state index contributed by atoms with van der Waals surface area (Å²) in [6.45, 7) is 0.288. The molecule has 0 aliphatic carbocycles. The molecular formula is C17H16N4O2S. The molecular weight excluding hydrogens is 324 g/mol. The van der Waals surface area contributed by atoms with Gasteiger partial charge in [0.05, 0.1) is 13.7 Å². The van der Waals surface area contributed by atoms with Crippen LogP contribution in [0.1, 0.15) is 11.4 Å². The lowest BCUT2D eigenvalue weighted by Gasteiger charge is -1.99. The molecule has 6 nitrogen and oxygen atoms in total. The monoisotopic (exact) mass is 340 g/mol. The Balaban J connectivity index is 1.56. The second-order valence-electron chi connectivity index (χ2n) is 4.94. The minimum atomic E-state index is -0.177. The number of H-pyrrole nitrogens is 1. The summed E-state index contributed by atoms with van der Waals surface area (Å²) >= 11 is 1.59. The third kappa shape index (κ3) is 4.08. The Morgan fingerprint density at radius 3 is 2.88 bits per heavy atom. The van der Waals surface area contributed by atoms with E-state index >= 15 is 0 Å².